The Morgan fingerprint density at radius 3 is 2.39 bits per heavy atom. The molecule has 3 aromatic carbocycles. The number of ether oxygens (including phenoxy) is 2. The Bertz CT molecular complexity index is 1200. The van der Waals surface area contributed by atoms with Gasteiger partial charge >= 0.3 is 0 Å². The van der Waals surface area contributed by atoms with E-state index in [1.54, 1.807) is 42.1 Å². The van der Waals surface area contributed by atoms with E-state index in [1.807, 2.05) is 18.2 Å². The van der Waals surface area contributed by atoms with Gasteiger partial charge in [0.25, 0.3) is 15.9 Å². The molecule has 172 valence electrons. The zero-order valence-corrected chi connectivity index (χ0v) is 19.5. The predicted molar refractivity (Wildman–Crippen MR) is 129 cm³/mol. The fourth-order valence-electron chi connectivity index (χ4n) is 3.18. The fourth-order valence-corrected chi connectivity index (χ4v) is 5.13. The van der Waals surface area contributed by atoms with Gasteiger partial charge in [-0.2, -0.15) is 0 Å². The summed E-state index contributed by atoms with van der Waals surface area (Å²) in [4.78, 5) is 13.6. The zero-order valence-electron chi connectivity index (χ0n) is 17.8. The smallest absolute Gasteiger partial charge is 0.262 e. The van der Waals surface area contributed by atoms with E-state index >= 15 is 0 Å². The van der Waals surface area contributed by atoms with E-state index in [-0.39, 0.29) is 10.8 Å². The van der Waals surface area contributed by atoms with Crippen LogP contribution >= 0.6 is 11.8 Å². The van der Waals surface area contributed by atoms with Gasteiger partial charge in [0, 0.05) is 28.8 Å². The standard InChI is InChI=1S/C24H24N2O5S2/c27-24(25-13-4-16-32-20-5-2-1-3-6-20)18-7-9-19(10-8-18)26-33(28,29)21-11-12-22-23(17-21)31-15-14-30-22/h1-3,5-12,17,26H,4,13-16H2,(H,25,27). The van der Waals surface area contributed by atoms with Crippen LogP contribution in [0.25, 0.3) is 0 Å². The topological polar surface area (TPSA) is 93.7 Å². The summed E-state index contributed by atoms with van der Waals surface area (Å²) in [7, 11) is -3.81. The van der Waals surface area contributed by atoms with Gasteiger partial charge in [0.1, 0.15) is 13.2 Å². The average molecular weight is 485 g/mol. The predicted octanol–water partition coefficient (Wildman–Crippen LogP) is 4.17. The van der Waals surface area contributed by atoms with Gasteiger partial charge in [-0.15, -0.1) is 11.8 Å². The molecule has 0 unspecified atom stereocenters. The van der Waals surface area contributed by atoms with Crippen LogP contribution in [0, 0.1) is 0 Å². The average Bonchev–Trinajstić information content (AvgIpc) is 2.84. The van der Waals surface area contributed by atoms with Gasteiger partial charge in [0.05, 0.1) is 4.90 Å². The number of hydrogen-bond acceptors (Lipinski definition) is 6. The third-order valence-corrected chi connectivity index (χ3v) is 7.32. The summed E-state index contributed by atoms with van der Waals surface area (Å²) in [6.07, 6.45) is 0.846. The molecule has 7 nitrogen and oxygen atoms in total. The van der Waals surface area contributed by atoms with Gasteiger partial charge < -0.3 is 14.8 Å². The molecule has 1 heterocycles. The SMILES string of the molecule is O=C(NCCCSc1ccccc1)c1ccc(NS(=O)(=O)c2ccc3c(c2)OCCO3)cc1. The summed E-state index contributed by atoms with van der Waals surface area (Å²) in [6.45, 7) is 1.38. The molecule has 4 rings (SSSR count). The molecular formula is C24H24N2O5S2. The second-order valence-corrected chi connectivity index (χ2v) is 10.1. The molecular weight excluding hydrogens is 460 g/mol. The van der Waals surface area contributed by atoms with Crippen molar-refractivity contribution >= 4 is 33.4 Å². The highest BCUT2D eigenvalue weighted by Crippen LogP contribution is 2.32. The minimum absolute atomic E-state index is 0.0712. The molecule has 0 fully saturated rings. The van der Waals surface area contributed by atoms with Crippen LogP contribution in [0.2, 0.25) is 0 Å². The van der Waals surface area contributed by atoms with E-state index in [0.717, 1.165) is 12.2 Å². The number of benzene rings is 3. The van der Waals surface area contributed by atoms with Gasteiger partial charge in [-0.3, -0.25) is 9.52 Å². The van der Waals surface area contributed by atoms with E-state index in [4.69, 9.17) is 9.47 Å². The second kappa shape index (κ2) is 10.6. The van der Waals surface area contributed by atoms with Crippen molar-refractivity contribution in [3.63, 3.8) is 0 Å². The highest BCUT2D eigenvalue weighted by molar-refractivity contribution is 7.99. The number of rotatable bonds is 9. The van der Waals surface area contributed by atoms with Crippen molar-refractivity contribution in [2.45, 2.75) is 16.2 Å². The molecule has 0 saturated heterocycles. The first-order chi connectivity index (χ1) is 16.0. The number of thioether (sulfide) groups is 1. The van der Waals surface area contributed by atoms with Crippen molar-refractivity contribution < 1.29 is 22.7 Å². The van der Waals surface area contributed by atoms with Crippen LogP contribution in [0.4, 0.5) is 5.69 Å². The second-order valence-electron chi connectivity index (χ2n) is 7.26. The van der Waals surface area contributed by atoms with Gasteiger partial charge in [0.15, 0.2) is 11.5 Å². The lowest BCUT2D eigenvalue weighted by Crippen LogP contribution is -2.24. The molecule has 33 heavy (non-hydrogen) atoms. The first-order valence-corrected chi connectivity index (χ1v) is 13.0. The molecule has 9 heteroatoms. The van der Waals surface area contributed by atoms with Crippen molar-refractivity contribution in [2.75, 3.05) is 30.2 Å². The first kappa shape index (κ1) is 23.0. The largest absolute Gasteiger partial charge is 0.486 e. The Labute approximate surface area is 197 Å². The number of fused-ring (bicyclic) bond motifs is 1. The molecule has 0 aromatic heterocycles. The number of carbonyl (C=O) groups is 1. The fraction of sp³-hybridized carbons (Fsp3) is 0.208. The number of amides is 1. The Hall–Kier alpha value is -3.17. The number of anilines is 1. The lowest BCUT2D eigenvalue weighted by atomic mass is 10.2. The van der Waals surface area contributed by atoms with E-state index in [0.29, 0.717) is 42.5 Å². The lowest BCUT2D eigenvalue weighted by molar-refractivity contribution is 0.0954. The monoisotopic (exact) mass is 484 g/mol. The lowest BCUT2D eigenvalue weighted by Gasteiger charge is -2.19. The molecule has 1 aliphatic heterocycles. The van der Waals surface area contributed by atoms with E-state index in [2.05, 4.69) is 22.2 Å². The molecule has 3 aromatic rings. The molecule has 0 atom stereocenters. The summed E-state index contributed by atoms with van der Waals surface area (Å²) < 4.78 is 38.9. The van der Waals surface area contributed by atoms with Gasteiger partial charge in [-0.05, 0) is 60.7 Å². The van der Waals surface area contributed by atoms with E-state index in [9.17, 15) is 13.2 Å². The van der Waals surface area contributed by atoms with Gasteiger partial charge in [-0.25, -0.2) is 8.42 Å². The van der Waals surface area contributed by atoms with Crippen LogP contribution in [0.15, 0.2) is 82.6 Å². The van der Waals surface area contributed by atoms with Gasteiger partial charge in [-0.1, -0.05) is 18.2 Å². The summed E-state index contributed by atoms with van der Waals surface area (Å²) in [5.74, 6) is 1.64. The maximum absolute atomic E-state index is 12.7. The van der Waals surface area contributed by atoms with E-state index < -0.39 is 10.0 Å². The molecule has 2 N–H and O–H groups in total. The number of hydrogen-bond donors (Lipinski definition) is 2. The summed E-state index contributed by atoms with van der Waals surface area (Å²) in [5.41, 5.74) is 0.827. The van der Waals surface area contributed by atoms with Crippen molar-refractivity contribution in [3.05, 3.63) is 78.4 Å². The molecule has 0 spiro atoms. The molecule has 0 aliphatic carbocycles. The molecule has 0 radical (unpaired) electrons. The Morgan fingerprint density at radius 2 is 1.64 bits per heavy atom. The summed E-state index contributed by atoms with van der Waals surface area (Å²) in [5, 5.41) is 2.89. The van der Waals surface area contributed by atoms with Crippen molar-refractivity contribution in [3.8, 4) is 11.5 Å². The molecule has 1 aliphatic rings. The third kappa shape index (κ3) is 6.21. The normalized spacial score (nSPS) is 12.7. The van der Waals surface area contributed by atoms with Crippen LogP contribution in [0.1, 0.15) is 16.8 Å². The van der Waals surface area contributed by atoms with Crippen LogP contribution in [-0.2, 0) is 10.0 Å². The quantitative estimate of drug-likeness (QED) is 0.350. The zero-order chi connectivity index (χ0) is 23.1. The molecule has 1 amide bonds. The summed E-state index contributed by atoms with van der Waals surface area (Å²) >= 11 is 1.75. The minimum Gasteiger partial charge on any atom is -0.486 e. The van der Waals surface area contributed by atoms with E-state index in [1.165, 1.54) is 17.0 Å². The Balaban J connectivity index is 1.28. The Kier molecular flexibility index (Phi) is 7.41. The van der Waals surface area contributed by atoms with Crippen LogP contribution in [0.5, 0.6) is 11.5 Å². The maximum atomic E-state index is 12.7. The first-order valence-electron chi connectivity index (χ1n) is 10.5. The highest BCUT2D eigenvalue weighted by atomic mass is 32.2. The van der Waals surface area contributed by atoms with Crippen LogP contribution in [-0.4, -0.2) is 39.8 Å². The maximum Gasteiger partial charge on any atom is 0.262 e. The Morgan fingerprint density at radius 1 is 0.909 bits per heavy atom. The van der Waals surface area contributed by atoms with Crippen LogP contribution in [0.3, 0.4) is 0 Å². The number of sulfonamides is 1. The summed E-state index contributed by atoms with van der Waals surface area (Å²) in [6, 6.07) is 20.9. The highest BCUT2D eigenvalue weighted by Gasteiger charge is 2.19. The number of carbonyl (C=O) groups excluding carboxylic acids is 1. The third-order valence-electron chi connectivity index (χ3n) is 4.84. The molecule has 0 saturated carbocycles. The van der Waals surface area contributed by atoms with Crippen molar-refractivity contribution in [1.29, 1.82) is 0 Å². The number of nitrogens with one attached hydrogen (secondary N) is 2. The van der Waals surface area contributed by atoms with Gasteiger partial charge in [0.2, 0.25) is 0 Å². The van der Waals surface area contributed by atoms with Crippen molar-refractivity contribution in [2.24, 2.45) is 0 Å². The minimum atomic E-state index is -3.81. The van der Waals surface area contributed by atoms with Crippen molar-refractivity contribution in [1.82, 2.24) is 5.32 Å². The molecule has 0 bridgehead atoms. The van der Waals surface area contributed by atoms with Crippen LogP contribution < -0.4 is 19.5 Å².